The second kappa shape index (κ2) is 8.76. The molecule has 0 unspecified atom stereocenters. The number of hydrogen-bond donors (Lipinski definition) is 2. The molecule has 2 N–H and O–H groups in total. The Bertz CT molecular complexity index is 599. The van der Waals surface area contributed by atoms with Crippen LogP contribution in [0.15, 0.2) is 24.3 Å². The van der Waals surface area contributed by atoms with Gasteiger partial charge in [0, 0.05) is 17.8 Å². The summed E-state index contributed by atoms with van der Waals surface area (Å²) in [6, 6.07) is 8.63. The molecule has 0 bridgehead atoms. The molecule has 1 saturated heterocycles. The maximum Gasteiger partial charge on any atom is 0.278 e. The van der Waals surface area contributed by atoms with E-state index in [0.717, 1.165) is 38.3 Å². The zero-order valence-corrected chi connectivity index (χ0v) is 16.5. The van der Waals surface area contributed by atoms with Crippen molar-refractivity contribution in [2.24, 2.45) is 5.92 Å². The van der Waals surface area contributed by atoms with E-state index in [0.29, 0.717) is 12.0 Å². The predicted octanol–water partition coefficient (Wildman–Crippen LogP) is 1.48. The third kappa shape index (κ3) is 4.50. The number of quaternary nitrogens is 1. The van der Waals surface area contributed by atoms with Crippen LogP contribution >= 0.6 is 0 Å². The molecule has 1 aliphatic carbocycles. The molecule has 3 rings (SSSR count). The summed E-state index contributed by atoms with van der Waals surface area (Å²) in [6.07, 6.45) is 4.93. The Morgan fingerprint density at radius 2 is 2.00 bits per heavy atom. The van der Waals surface area contributed by atoms with Crippen LogP contribution in [0.1, 0.15) is 39.5 Å². The molecule has 2 fully saturated rings. The molecule has 5 heteroatoms. The Hall–Kier alpha value is -1.75. The number of anilines is 1. The summed E-state index contributed by atoms with van der Waals surface area (Å²) in [5.41, 5.74) is 1.21. The molecule has 5 nitrogen and oxygen atoms in total. The normalized spacial score (nSPS) is 25.6. The van der Waals surface area contributed by atoms with Gasteiger partial charge in [0.05, 0.1) is 33.3 Å². The molecule has 1 amide bonds. The van der Waals surface area contributed by atoms with Gasteiger partial charge in [0.25, 0.3) is 5.91 Å². The molecule has 1 saturated carbocycles. The monoisotopic (exact) mass is 360 g/mol. The van der Waals surface area contributed by atoms with Crippen molar-refractivity contribution in [3.63, 3.8) is 0 Å². The summed E-state index contributed by atoms with van der Waals surface area (Å²) in [4.78, 5) is 16.5. The molecule has 26 heavy (non-hydrogen) atoms. The number of nitrogens with zero attached hydrogens (tertiary/aromatic N) is 1. The molecule has 0 aromatic heterocycles. The minimum absolute atomic E-state index is 0.0246. The zero-order valence-electron chi connectivity index (χ0n) is 16.5. The average Bonchev–Trinajstić information content (AvgIpc) is 2.69. The van der Waals surface area contributed by atoms with E-state index in [1.807, 2.05) is 12.1 Å². The summed E-state index contributed by atoms with van der Waals surface area (Å²) >= 11 is 0. The predicted molar refractivity (Wildman–Crippen MR) is 105 cm³/mol. The van der Waals surface area contributed by atoms with Gasteiger partial charge in [-0.1, -0.05) is 25.8 Å². The molecular weight excluding hydrogens is 326 g/mol. The van der Waals surface area contributed by atoms with E-state index in [4.69, 9.17) is 4.74 Å². The van der Waals surface area contributed by atoms with Crippen molar-refractivity contribution in [3.05, 3.63) is 24.3 Å². The molecule has 1 aromatic rings. The summed E-state index contributed by atoms with van der Waals surface area (Å²) < 4.78 is 5.33. The summed E-state index contributed by atoms with van der Waals surface area (Å²) in [7, 11) is 1.70. The van der Waals surface area contributed by atoms with Gasteiger partial charge < -0.3 is 19.9 Å². The first-order valence-electron chi connectivity index (χ1n) is 10.1. The number of carbonyl (C=O) groups excluding carboxylic acids is 1. The van der Waals surface area contributed by atoms with Crippen LogP contribution in [-0.2, 0) is 4.79 Å². The number of benzene rings is 1. The van der Waals surface area contributed by atoms with Gasteiger partial charge in [-0.2, -0.15) is 0 Å². The maximum atomic E-state index is 12.7. The van der Waals surface area contributed by atoms with Crippen LogP contribution in [0.2, 0.25) is 0 Å². The highest BCUT2D eigenvalue weighted by atomic mass is 16.5. The molecule has 1 aliphatic heterocycles. The van der Waals surface area contributed by atoms with Crippen LogP contribution in [0.4, 0.5) is 5.69 Å². The van der Waals surface area contributed by atoms with Crippen LogP contribution in [-0.4, -0.2) is 51.3 Å². The largest absolute Gasteiger partial charge is 0.497 e. The fraction of sp³-hybridized carbons (Fsp3) is 0.667. The molecule has 144 valence electrons. The van der Waals surface area contributed by atoms with Gasteiger partial charge in [0.1, 0.15) is 5.75 Å². The Balaban J connectivity index is 1.51. The lowest BCUT2D eigenvalue weighted by molar-refractivity contribution is -0.914. The van der Waals surface area contributed by atoms with Crippen molar-refractivity contribution in [1.82, 2.24) is 5.32 Å². The van der Waals surface area contributed by atoms with Gasteiger partial charge in [-0.25, -0.2) is 0 Å². The number of nitrogens with one attached hydrogen (secondary N) is 2. The SMILES string of the molecule is COc1cccc(N2CC[NH+]([C@H](C)C(=O)N[C@@H]3CCCC[C@@H]3C)CC2)c1. The van der Waals surface area contributed by atoms with Gasteiger partial charge in [0.2, 0.25) is 0 Å². The fourth-order valence-corrected chi connectivity index (χ4v) is 4.32. The fourth-order valence-electron chi connectivity index (χ4n) is 4.32. The number of hydrogen-bond acceptors (Lipinski definition) is 3. The van der Waals surface area contributed by atoms with Gasteiger partial charge in [-0.15, -0.1) is 0 Å². The van der Waals surface area contributed by atoms with E-state index in [2.05, 4.69) is 36.2 Å². The standard InChI is InChI=1S/C21H33N3O2/c1-16-7-4-5-10-20(16)22-21(25)17(2)23-11-13-24(14-12-23)18-8-6-9-19(15-18)26-3/h6,8-9,15-17,20H,4-5,7,10-14H2,1-3H3,(H,22,25)/p+1/t16-,17+,20+/m0/s1. The highest BCUT2D eigenvalue weighted by molar-refractivity contribution is 5.80. The molecule has 2 aliphatic rings. The van der Waals surface area contributed by atoms with Crippen molar-refractivity contribution in [2.45, 2.75) is 51.6 Å². The molecule has 0 radical (unpaired) electrons. The van der Waals surface area contributed by atoms with Crippen LogP contribution in [0.25, 0.3) is 0 Å². The molecule has 0 spiro atoms. The minimum atomic E-state index is 0.0246. The molecule has 1 aromatic carbocycles. The highest BCUT2D eigenvalue weighted by Crippen LogP contribution is 2.24. The Morgan fingerprint density at radius 3 is 2.69 bits per heavy atom. The van der Waals surface area contributed by atoms with E-state index < -0.39 is 0 Å². The first kappa shape index (κ1) is 19.0. The number of amides is 1. The van der Waals surface area contributed by atoms with Crippen molar-refractivity contribution in [2.75, 3.05) is 38.2 Å². The molecule has 1 heterocycles. The highest BCUT2D eigenvalue weighted by Gasteiger charge is 2.32. The van der Waals surface area contributed by atoms with Crippen molar-refractivity contribution in [1.29, 1.82) is 0 Å². The summed E-state index contributed by atoms with van der Waals surface area (Å²) in [5.74, 6) is 1.74. The van der Waals surface area contributed by atoms with Gasteiger partial charge in [-0.05, 0) is 37.8 Å². The Morgan fingerprint density at radius 1 is 1.27 bits per heavy atom. The lowest BCUT2D eigenvalue weighted by atomic mass is 9.86. The lowest BCUT2D eigenvalue weighted by Crippen LogP contribution is -3.19. The average molecular weight is 361 g/mol. The number of rotatable bonds is 5. The van der Waals surface area contributed by atoms with Gasteiger partial charge in [0.15, 0.2) is 6.04 Å². The third-order valence-electron chi connectivity index (χ3n) is 6.27. The Kier molecular flexibility index (Phi) is 6.41. The van der Waals surface area contributed by atoms with E-state index in [1.165, 1.54) is 29.8 Å². The second-order valence-electron chi connectivity index (χ2n) is 7.95. The quantitative estimate of drug-likeness (QED) is 0.836. The van der Waals surface area contributed by atoms with Crippen LogP contribution < -0.4 is 19.9 Å². The van der Waals surface area contributed by atoms with E-state index >= 15 is 0 Å². The first-order chi connectivity index (χ1) is 12.6. The van der Waals surface area contributed by atoms with Crippen LogP contribution in [0.3, 0.4) is 0 Å². The van der Waals surface area contributed by atoms with Gasteiger partial charge >= 0.3 is 0 Å². The summed E-state index contributed by atoms with van der Waals surface area (Å²) in [6.45, 7) is 8.28. The van der Waals surface area contributed by atoms with Crippen molar-refractivity contribution < 1.29 is 14.4 Å². The molecule has 3 atom stereocenters. The van der Waals surface area contributed by atoms with Crippen LogP contribution in [0, 0.1) is 5.92 Å². The molecular formula is C21H34N3O2+. The van der Waals surface area contributed by atoms with E-state index in [-0.39, 0.29) is 11.9 Å². The zero-order chi connectivity index (χ0) is 18.5. The Labute approximate surface area is 157 Å². The second-order valence-corrected chi connectivity index (χ2v) is 7.95. The van der Waals surface area contributed by atoms with Crippen molar-refractivity contribution in [3.8, 4) is 5.75 Å². The third-order valence-corrected chi connectivity index (χ3v) is 6.27. The van der Waals surface area contributed by atoms with Crippen LogP contribution in [0.5, 0.6) is 5.75 Å². The number of carbonyl (C=O) groups is 1. The summed E-state index contributed by atoms with van der Waals surface area (Å²) in [5, 5.41) is 3.33. The number of ether oxygens (including phenoxy) is 1. The van der Waals surface area contributed by atoms with E-state index in [1.54, 1.807) is 7.11 Å². The van der Waals surface area contributed by atoms with Crippen molar-refractivity contribution >= 4 is 11.6 Å². The first-order valence-corrected chi connectivity index (χ1v) is 10.1. The van der Waals surface area contributed by atoms with Gasteiger partial charge in [-0.3, -0.25) is 4.79 Å². The lowest BCUT2D eigenvalue weighted by Gasteiger charge is -2.37. The van der Waals surface area contributed by atoms with E-state index in [9.17, 15) is 4.79 Å². The number of methoxy groups -OCH3 is 1. The maximum absolute atomic E-state index is 12.7. The smallest absolute Gasteiger partial charge is 0.278 e. The topological polar surface area (TPSA) is 46.0 Å². The number of piperazine rings is 1. The minimum Gasteiger partial charge on any atom is -0.497 e.